The zero-order chi connectivity index (χ0) is 11.1. The highest BCUT2D eigenvalue weighted by Crippen LogP contribution is 2.37. The minimum Gasteiger partial charge on any atom is -0.497 e. The van der Waals surface area contributed by atoms with Crippen LogP contribution >= 0.6 is 0 Å². The third-order valence-corrected chi connectivity index (χ3v) is 2.84. The van der Waals surface area contributed by atoms with E-state index in [0.29, 0.717) is 5.82 Å². The maximum atomic E-state index is 5.62. The van der Waals surface area contributed by atoms with Gasteiger partial charge in [0.05, 0.1) is 12.8 Å². The SMILES string of the molecule is COc1ccc2c(c1)-c1nnc(N)cc1C2. The second-order valence-electron chi connectivity index (χ2n) is 3.84. The molecule has 1 aliphatic rings. The van der Waals surface area contributed by atoms with Crippen LogP contribution in [0, 0.1) is 0 Å². The van der Waals surface area contributed by atoms with Gasteiger partial charge in [0.25, 0.3) is 0 Å². The van der Waals surface area contributed by atoms with E-state index in [0.717, 1.165) is 29.0 Å². The molecule has 1 aliphatic carbocycles. The molecule has 0 spiro atoms. The monoisotopic (exact) mass is 213 g/mol. The van der Waals surface area contributed by atoms with Crippen LogP contribution in [-0.2, 0) is 6.42 Å². The standard InChI is InChI=1S/C12H11N3O/c1-16-9-3-2-7-4-8-5-11(13)14-15-12(8)10(7)6-9/h2-3,5-6H,4H2,1H3,(H2,13,14). The number of anilines is 1. The number of aromatic nitrogens is 2. The molecule has 2 N–H and O–H groups in total. The van der Waals surface area contributed by atoms with Gasteiger partial charge in [0.1, 0.15) is 11.6 Å². The van der Waals surface area contributed by atoms with Gasteiger partial charge >= 0.3 is 0 Å². The van der Waals surface area contributed by atoms with Crippen molar-refractivity contribution in [3.8, 4) is 17.0 Å². The summed E-state index contributed by atoms with van der Waals surface area (Å²) in [7, 11) is 1.66. The van der Waals surface area contributed by atoms with Crippen LogP contribution in [0.5, 0.6) is 5.75 Å². The fraction of sp³-hybridized carbons (Fsp3) is 0.167. The van der Waals surface area contributed by atoms with Crippen molar-refractivity contribution in [2.24, 2.45) is 0 Å². The molecule has 0 saturated heterocycles. The molecule has 80 valence electrons. The lowest BCUT2D eigenvalue weighted by Crippen LogP contribution is -1.95. The van der Waals surface area contributed by atoms with Crippen molar-refractivity contribution in [3.05, 3.63) is 35.4 Å². The Morgan fingerprint density at radius 1 is 1.19 bits per heavy atom. The number of ether oxygens (including phenoxy) is 1. The number of fused-ring (bicyclic) bond motifs is 3. The zero-order valence-corrected chi connectivity index (χ0v) is 8.90. The van der Waals surface area contributed by atoms with Gasteiger partial charge in [-0.2, -0.15) is 0 Å². The highest BCUT2D eigenvalue weighted by molar-refractivity contribution is 5.75. The van der Waals surface area contributed by atoms with E-state index in [1.807, 2.05) is 18.2 Å². The molecule has 1 aromatic carbocycles. The Bertz CT molecular complexity index is 566. The molecule has 1 aromatic heterocycles. The van der Waals surface area contributed by atoms with Crippen LogP contribution in [0.4, 0.5) is 5.82 Å². The molecule has 0 amide bonds. The number of hydrogen-bond acceptors (Lipinski definition) is 4. The van der Waals surface area contributed by atoms with Gasteiger partial charge in [-0.1, -0.05) is 6.07 Å². The van der Waals surface area contributed by atoms with Gasteiger partial charge in [-0.25, -0.2) is 0 Å². The number of nitrogens with zero attached hydrogens (tertiary/aromatic N) is 2. The number of nitrogen functional groups attached to an aromatic ring is 1. The summed E-state index contributed by atoms with van der Waals surface area (Å²) in [5.41, 5.74) is 10.0. The Hall–Kier alpha value is -2.10. The average Bonchev–Trinajstić information content (AvgIpc) is 2.65. The topological polar surface area (TPSA) is 61.0 Å². The summed E-state index contributed by atoms with van der Waals surface area (Å²) in [5, 5.41) is 8.04. The van der Waals surface area contributed by atoms with Gasteiger partial charge in [0.2, 0.25) is 0 Å². The number of rotatable bonds is 1. The first-order valence-electron chi connectivity index (χ1n) is 5.07. The van der Waals surface area contributed by atoms with Crippen molar-refractivity contribution in [1.82, 2.24) is 10.2 Å². The molecular weight excluding hydrogens is 202 g/mol. The van der Waals surface area contributed by atoms with Crippen molar-refractivity contribution >= 4 is 5.82 Å². The third kappa shape index (κ3) is 1.23. The normalized spacial score (nSPS) is 12.1. The molecule has 4 heteroatoms. The summed E-state index contributed by atoms with van der Waals surface area (Å²) in [5.74, 6) is 1.31. The van der Waals surface area contributed by atoms with Crippen LogP contribution in [0.3, 0.4) is 0 Å². The molecule has 4 nitrogen and oxygen atoms in total. The average molecular weight is 213 g/mol. The largest absolute Gasteiger partial charge is 0.497 e. The molecule has 0 unspecified atom stereocenters. The lowest BCUT2D eigenvalue weighted by Gasteiger charge is -2.03. The van der Waals surface area contributed by atoms with Gasteiger partial charge in [-0.05, 0) is 29.3 Å². The van der Waals surface area contributed by atoms with Gasteiger partial charge < -0.3 is 10.5 Å². The highest BCUT2D eigenvalue weighted by Gasteiger charge is 2.21. The lowest BCUT2D eigenvalue weighted by atomic mass is 10.1. The van der Waals surface area contributed by atoms with Crippen molar-refractivity contribution in [3.63, 3.8) is 0 Å². The zero-order valence-electron chi connectivity index (χ0n) is 8.90. The first kappa shape index (κ1) is 9.15. The Morgan fingerprint density at radius 3 is 2.88 bits per heavy atom. The Kier molecular flexibility index (Phi) is 1.83. The molecule has 0 fully saturated rings. The Morgan fingerprint density at radius 2 is 2.06 bits per heavy atom. The molecule has 3 rings (SSSR count). The summed E-state index contributed by atoms with van der Waals surface area (Å²) in [6.07, 6.45) is 0.869. The number of hydrogen-bond donors (Lipinski definition) is 1. The lowest BCUT2D eigenvalue weighted by molar-refractivity contribution is 0.415. The van der Waals surface area contributed by atoms with Crippen LogP contribution in [-0.4, -0.2) is 17.3 Å². The first-order chi connectivity index (χ1) is 7.78. The van der Waals surface area contributed by atoms with Gasteiger partial charge in [-0.15, -0.1) is 10.2 Å². The van der Waals surface area contributed by atoms with Crippen LogP contribution in [0.1, 0.15) is 11.1 Å². The van der Waals surface area contributed by atoms with Gasteiger partial charge in [-0.3, -0.25) is 0 Å². The fourth-order valence-electron chi connectivity index (χ4n) is 2.07. The van der Waals surface area contributed by atoms with E-state index in [9.17, 15) is 0 Å². The number of methoxy groups -OCH3 is 1. The maximum Gasteiger partial charge on any atom is 0.146 e. The van der Waals surface area contributed by atoms with E-state index in [1.54, 1.807) is 7.11 Å². The molecule has 2 aromatic rings. The number of benzene rings is 1. The van der Waals surface area contributed by atoms with E-state index in [1.165, 1.54) is 5.56 Å². The maximum absolute atomic E-state index is 5.62. The van der Waals surface area contributed by atoms with Crippen LogP contribution in [0.15, 0.2) is 24.3 Å². The minimum atomic E-state index is 0.471. The minimum absolute atomic E-state index is 0.471. The number of nitrogens with two attached hydrogens (primary N) is 1. The summed E-state index contributed by atoms with van der Waals surface area (Å²) in [6, 6.07) is 7.90. The molecule has 0 aliphatic heterocycles. The summed E-state index contributed by atoms with van der Waals surface area (Å²) >= 11 is 0. The van der Waals surface area contributed by atoms with E-state index < -0.39 is 0 Å². The van der Waals surface area contributed by atoms with Crippen LogP contribution in [0.2, 0.25) is 0 Å². The van der Waals surface area contributed by atoms with E-state index in [4.69, 9.17) is 10.5 Å². The molecule has 0 saturated carbocycles. The van der Waals surface area contributed by atoms with Crippen LogP contribution < -0.4 is 10.5 Å². The molecular formula is C12H11N3O. The first-order valence-corrected chi connectivity index (χ1v) is 5.07. The Labute approximate surface area is 93.1 Å². The predicted molar refractivity (Wildman–Crippen MR) is 61.2 cm³/mol. The smallest absolute Gasteiger partial charge is 0.146 e. The fourth-order valence-corrected chi connectivity index (χ4v) is 2.07. The molecule has 0 atom stereocenters. The van der Waals surface area contributed by atoms with Crippen molar-refractivity contribution < 1.29 is 4.74 Å². The van der Waals surface area contributed by atoms with E-state index in [2.05, 4.69) is 16.3 Å². The molecule has 0 bridgehead atoms. The van der Waals surface area contributed by atoms with Crippen molar-refractivity contribution in [2.75, 3.05) is 12.8 Å². The Balaban J connectivity index is 2.19. The third-order valence-electron chi connectivity index (χ3n) is 2.84. The highest BCUT2D eigenvalue weighted by atomic mass is 16.5. The predicted octanol–water partition coefficient (Wildman–Crippen LogP) is 1.64. The van der Waals surface area contributed by atoms with Crippen LogP contribution in [0.25, 0.3) is 11.3 Å². The molecule has 16 heavy (non-hydrogen) atoms. The summed E-state index contributed by atoms with van der Waals surface area (Å²) in [4.78, 5) is 0. The van der Waals surface area contributed by atoms with Crippen molar-refractivity contribution in [1.29, 1.82) is 0 Å². The van der Waals surface area contributed by atoms with Gasteiger partial charge in [0.15, 0.2) is 0 Å². The summed E-state index contributed by atoms with van der Waals surface area (Å²) < 4.78 is 5.21. The van der Waals surface area contributed by atoms with Crippen molar-refractivity contribution in [2.45, 2.75) is 6.42 Å². The van der Waals surface area contributed by atoms with Gasteiger partial charge in [0, 0.05) is 12.0 Å². The molecule has 1 heterocycles. The molecule has 0 radical (unpaired) electrons. The second kappa shape index (κ2) is 3.20. The van der Waals surface area contributed by atoms with E-state index >= 15 is 0 Å². The summed E-state index contributed by atoms with van der Waals surface area (Å²) in [6.45, 7) is 0. The van der Waals surface area contributed by atoms with E-state index in [-0.39, 0.29) is 0 Å². The quantitative estimate of drug-likeness (QED) is 0.667. The second-order valence-corrected chi connectivity index (χ2v) is 3.84.